The summed E-state index contributed by atoms with van der Waals surface area (Å²) in [4.78, 5) is 0. The topological polar surface area (TPSA) is 49.7 Å². The van der Waals surface area contributed by atoms with Gasteiger partial charge >= 0.3 is 0 Å². The number of benzene rings is 2. The molecule has 0 unspecified atom stereocenters. The number of phenolic OH excluding ortho intramolecular Hbond substituents is 2. The largest absolute Gasteiger partial charge is 0.507 e. The summed E-state index contributed by atoms with van der Waals surface area (Å²) in [5.74, 6) is 0.885. The second-order valence-corrected chi connectivity index (χ2v) is 5.24. The van der Waals surface area contributed by atoms with E-state index in [0.717, 1.165) is 27.8 Å². The third-order valence-corrected chi connectivity index (χ3v) is 3.42. The highest BCUT2D eigenvalue weighted by atomic mass is 16.5. The average molecular weight is 272 g/mol. The molecule has 0 aliphatic carbocycles. The van der Waals surface area contributed by atoms with Gasteiger partial charge in [0.25, 0.3) is 0 Å². The molecule has 0 fully saturated rings. The number of hydrogen-bond donors (Lipinski definition) is 2. The van der Waals surface area contributed by atoms with Crippen LogP contribution in [0, 0.1) is 20.8 Å². The molecule has 0 saturated carbocycles. The minimum absolute atomic E-state index is 0.136. The van der Waals surface area contributed by atoms with E-state index < -0.39 is 0 Å². The Morgan fingerprint density at radius 3 is 2.00 bits per heavy atom. The van der Waals surface area contributed by atoms with Crippen molar-refractivity contribution in [1.82, 2.24) is 0 Å². The predicted molar refractivity (Wildman–Crippen MR) is 79.8 cm³/mol. The van der Waals surface area contributed by atoms with E-state index >= 15 is 0 Å². The van der Waals surface area contributed by atoms with Gasteiger partial charge in [0.1, 0.15) is 5.75 Å². The number of rotatable bonds is 3. The summed E-state index contributed by atoms with van der Waals surface area (Å²) < 4.78 is 5.17. The van der Waals surface area contributed by atoms with Crippen LogP contribution >= 0.6 is 0 Å². The summed E-state index contributed by atoms with van der Waals surface area (Å²) in [6, 6.07) is 7.58. The number of aryl methyl sites for hydroxylation is 3. The Hall–Kier alpha value is -2.16. The van der Waals surface area contributed by atoms with Gasteiger partial charge in [-0.15, -0.1) is 0 Å². The van der Waals surface area contributed by atoms with E-state index in [4.69, 9.17) is 4.74 Å². The summed E-state index contributed by atoms with van der Waals surface area (Å²) >= 11 is 0. The molecule has 2 rings (SSSR count). The van der Waals surface area contributed by atoms with Crippen molar-refractivity contribution in [3.05, 3.63) is 52.1 Å². The van der Waals surface area contributed by atoms with Crippen LogP contribution in [-0.2, 0) is 6.42 Å². The first kappa shape index (κ1) is 14.3. The minimum atomic E-state index is 0.136. The number of aromatic hydroxyl groups is 2. The van der Waals surface area contributed by atoms with E-state index in [-0.39, 0.29) is 11.5 Å². The van der Waals surface area contributed by atoms with Crippen LogP contribution in [0.2, 0.25) is 0 Å². The minimum Gasteiger partial charge on any atom is -0.507 e. The molecule has 2 aromatic carbocycles. The van der Waals surface area contributed by atoms with Gasteiger partial charge in [-0.1, -0.05) is 23.8 Å². The number of ether oxygens (including phenoxy) is 1. The smallest absolute Gasteiger partial charge is 0.161 e. The maximum atomic E-state index is 10.2. The lowest BCUT2D eigenvalue weighted by atomic mass is 9.97. The van der Waals surface area contributed by atoms with Gasteiger partial charge in [-0.3, -0.25) is 0 Å². The Labute approximate surface area is 119 Å². The van der Waals surface area contributed by atoms with Gasteiger partial charge in [0.05, 0.1) is 7.11 Å². The molecular weight excluding hydrogens is 252 g/mol. The first-order chi connectivity index (χ1) is 9.42. The first-order valence-corrected chi connectivity index (χ1v) is 6.58. The van der Waals surface area contributed by atoms with E-state index in [1.165, 1.54) is 7.11 Å². The first-order valence-electron chi connectivity index (χ1n) is 6.58. The zero-order valence-electron chi connectivity index (χ0n) is 12.3. The molecule has 0 aromatic heterocycles. The molecule has 0 atom stereocenters. The summed E-state index contributed by atoms with van der Waals surface area (Å²) in [5, 5.41) is 20.4. The molecule has 2 N–H and O–H groups in total. The molecule has 3 heteroatoms. The van der Waals surface area contributed by atoms with Crippen molar-refractivity contribution >= 4 is 0 Å². The van der Waals surface area contributed by atoms with Crippen LogP contribution in [0.1, 0.15) is 27.8 Å². The molecule has 0 saturated heterocycles. The van der Waals surface area contributed by atoms with E-state index in [9.17, 15) is 10.2 Å². The number of hydrogen-bond acceptors (Lipinski definition) is 3. The molecule has 0 aliphatic rings. The molecule has 0 radical (unpaired) electrons. The third-order valence-electron chi connectivity index (χ3n) is 3.42. The Morgan fingerprint density at radius 1 is 0.850 bits per heavy atom. The molecule has 0 aliphatic heterocycles. The van der Waals surface area contributed by atoms with Crippen molar-refractivity contribution in [3.8, 4) is 17.2 Å². The summed E-state index contributed by atoms with van der Waals surface area (Å²) in [5.41, 5.74) is 4.51. The van der Waals surface area contributed by atoms with Crippen molar-refractivity contribution in [1.29, 1.82) is 0 Å². The van der Waals surface area contributed by atoms with Crippen LogP contribution in [0.25, 0.3) is 0 Å². The third kappa shape index (κ3) is 2.72. The Bertz CT molecular complexity index is 645. The number of phenols is 2. The monoisotopic (exact) mass is 272 g/mol. The highest BCUT2D eigenvalue weighted by molar-refractivity contribution is 5.52. The summed E-state index contributed by atoms with van der Waals surface area (Å²) in [6.45, 7) is 5.82. The van der Waals surface area contributed by atoms with Crippen molar-refractivity contribution in [3.63, 3.8) is 0 Å². The van der Waals surface area contributed by atoms with E-state index in [1.54, 1.807) is 6.07 Å². The number of methoxy groups -OCH3 is 1. The molecule has 0 heterocycles. The van der Waals surface area contributed by atoms with Gasteiger partial charge in [-0.25, -0.2) is 0 Å². The van der Waals surface area contributed by atoms with Crippen molar-refractivity contribution in [2.45, 2.75) is 27.2 Å². The zero-order valence-corrected chi connectivity index (χ0v) is 12.3. The molecule has 0 amide bonds. The highest BCUT2D eigenvalue weighted by Crippen LogP contribution is 2.35. The predicted octanol–water partition coefficient (Wildman–Crippen LogP) is 3.62. The molecule has 20 heavy (non-hydrogen) atoms. The molecule has 3 nitrogen and oxygen atoms in total. The van der Waals surface area contributed by atoms with Gasteiger partial charge in [-0.2, -0.15) is 0 Å². The fourth-order valence-electron chi connectivity index (χ4n) is 2.50. The molecule has 0 spiro atoms. The van der Waals surface area contributed by atoms with Gasteiger partial charge in [0, 0.05) is 12.0 Å². The fourth-order valence-corrected chi connectivity index (χ4v) is 2.50. The second-order valence-electron chi connectivity index (χ2n) is 5.24. The Kier molecular flexibility index (Phi) is 3.89. The maximum absolute atomic E-state index is 10.2. The quantitative estimate of drug-likeness (QED) is 0.897. The lowest BCUT2D eigenvalue weighted by Crippen LogP contribution is -1.95. The molecule has 106 valence electrons. The maximum Gasteiger partial charge on any atom is 0.161 e. The van der Waals surface area contributed by atoms with Gasteiger partial charge in [0.2, 0.25) is 0 Å². The van der Waals surface area contributed by atoms with E-state index in [0.29, 0.717) is 12.2 Å². The van der Waals surface area contributed by atoms with Crippen LogP contribution in [0.3, 0.4) is 0 Å². The molecular formula is C17H20O3. The Balaban J connectivity index is 2.47. The van der Waals surface area contributed by atoms with Crippen molar-refractivity contribution in [2.75, 3.05) is 7.11 Å². The fraction of sp³-hybridized carbons (Fsp3) is 0.294. The summed E-state index contributed by atoms with van der Waals surface area (Å²) in [7, 11) is 1.53. The zero-order chi connectivity index (χ0) is 14.9. The lowest BCUT2D eigenvalue weighted by molar-refractivity contribution is 0.370. The Morgan fingerprint density at radius 2 is 1.40 bits per heavy atom. The highest BCUT2D eigenvalue weighted by Gasteiger charge is 2.13. The van der Waals surface area contributed by atoms with Crippen molar-refractivity contribution in [2.24, 2.45) is 0 Å². The molecule has 0 bridgehead atoms. The molecule has 2 aromatic rings. The van der Waals surface area contributed by atoms with Crippen LogP contribution in [-0.4, -0.2) is 17.3 Å². The average Bonchev–Trinajstić information content (AvgIpc) is 2.39. The lowest BCUT2D eigenvalue weighted by Gasteiger charge is -2.13. The SMILES string of the molecule is COc1cc(C)cc(Cc2cc(C)cc(C)c2O)c1O. The normalized spacial score (nSPS) is 10.6. The van der Waals surface area contributed by atoms with E-state index in [1.807, 2.05) is 39.0 Å². The van der Waals surface area contributed by atoms with Gasteiger partial charge in [-0.05, 0) is 43.5 Å². The van der Waals surface area contributed by atoms with Crippen LogP contribution in [0.4, 0.5) is 0 Å². The van der Waals surface area contributed by atoms with Gasteiger partial charge in [0.15, 0.2) is 11.5 Å². The standard InChI is InChI=1S/C17H20O3/c1-10-5-12(3)16(18)13(6-10)9-14-7-11(2)8-15(20-4)17(14)19/h5-8,18-19H,9H2,1-4H3. The summed E-state index contributed by atoms with van der Waals surface area (Å²) in [6.07, 6.45) is 0.470. The van der Waals surface area contributed by atoms with Gasteiger partial charge < -0.3 is 14.9 Å². The van der Waals surface area contributed by atoms with Crippen LogP contribution in [0.15, 0.2) is 24.3 Å². The van der Waals surface area contributed by atoms with E-state index in [2.05, 4.69) is 0 Å². The second kappa shape index (κ2) is 5.45. The van der Waals surface area contributed by atoms with Crippen molar-refractivity contribution < 1.29 is 14.9 Å². The van der Waals surface area contributed by atoms with Crippen LogP contribution in [0.5, 0.6) is 17.2 Å². The van der Waals surface area contributed by atoms with Crippen LogP contribution < -0.4 is 4.74 Å².